The van der Waals surface area contributed by atoms with Crippen molar-refractivity contribution in [2.24, 2.45) is 0 Å². The summed E-state index contributed by atoms with van der Waals surface area (Å²) in [5.41, 5.74) is 3.93. The molecular formula is C16H23N3. The molecule has 102 valence electrons. The Bertz CT molecular complexity index is 476. The van der Waals surface area contributed by atoms with E-state index in [4.69, 9.17) is 0 Å². The maximum absolute atomic E-state index is 4.04. The number of hydrogen-bond donors (Lipinski definition) is 2. The maximum atomic E-state index is 4.04. The summed E-state index contributed by atoms with van der Waals surface area (Å²) in [6.45, 7) is 6.44. The van der Waals surface area contributed by atoms with Crippen LogP contribution in [0, 0.1) is 6.92 Å². The number of aromatic nitrogens is 2. The molecule has 2 aromatic rings. The van der Waals surface area contributed by atoms with Gasteiger partial charge in [-0.1, -0.05) is 37.3 Å². The Labute approximate surface area is 115 Å². The number of H-pyrrole nitrogens is 1. The first kappa shape index (κ1) is 13.8. The van der Waals surface area contributed by atoms with Crippen LogP contribution < -0.4 is 5.32 Å². The Balaban J connectivity index is 1.63. The fraction of sp³-hybridized carbons (Fsp3) is 0.438. The molecule has 1 aromatic heterocycles. The number of nitrogens with one attached hydrogen (secondary N) is 2. The third-order valence-electron chi connectivity index (χ3n) is 3.55. The molecule has 0 amide bonds. The molecule has 1 atom stereocenters. The lowest BCUT2D eigenvalue weighted by molar-refractivity contribution is 0.595. The average Bonchev–Trinajstić information content (AvgIpc) is 2.85. The molecule has 0 saturated heterocycles. The second-order valence-corrected chi connectivity index (χ2v) is 5.14. The quantitative estimate of drug-likeness (QED) is 0.748. The first-order valence-electron chi connectivity index (χ1n) is 7.02. The number of aryl methyl sites for hydroxylation is 2. The highest BCUT2D eigenvalue weighted by Gasteiger charge is 2.04. The van der Waals surface area contributed by atoms with Crippen molar-refractivity contribution in [1.82, 2.24) is 15.5 Å². The summed E-state index contributed by atoms with van der Waals surface area (Å²) in [5, 5.41) is 10.6. The molecule has 1 aromatic carbocycles. The van der Waals surface area contributed by atoms with Crippen molar-refractivity contribution in [2.75, 3.05) is 13.1 Å². The van der Waals surface area contributed by atoms with Gasteiger partial charge in [-0.15, -0.1) is 0 Å². The van der Waals surface area contributed by atoms with E-state index in [0.717, 1.165) is 25.9 Å². The zero-order valence-electron chi connectivity index (χ0n) is 11.8. The molecule has 3 heteroatoms. The molecule has 3 nitrogen and oxygen atoms in total. The molecular weight excluding hydrogens is 234 g/mol. The van der Waals surface area contributed by atoms with Crippen LogP contribution >= 0.6 is 0 Å². The van der Waals surface area contributed by atoms with Crippen LogP contribution in [0.4, 0.5) is 0 Å². The van der Waals surface area contributed by atoms with Crippen LogP contribution in [0.1, 0.15) is 36.1 Å². The van der Waals surface area contributed by atoms with E-state index >= 15 is 0 Å². The summed E-state index contributed by atoms with van der Waals surface area (Å²) in [5.74, 6) is 0.567. The minimum Gasteiger partial charge on any atom is -0.316 e. The van der Waals surface area contributed by atoms with Gasteiger partial charge >= 0.3 is 0 Å². The van der Waals surface area contributed by atoms with Crippen molar-refractivity contribution in [3.8, 4) is 0 Å². The predicted octanol–water partition coefficient (Wildman–Crippen LogP) is 3.04. The highest BCUT2D eigenvalue weighted by Crippen LogP contribution is 2.13. The lowest BCUT2D eigenvalue weighted by Crippen LogP contribution is -2.21. The third-order valence-corrected chi connectivity index (χ3v) is 3.55. The van der Waals surface area contributed by atoms with Crippen LogP contribution in [-0.2, 0) is 6.42 Å². The van der Waals surface area contributed by atoms with Crippen LogP contribution in [0.3, 0.4) is 0 Å². The SMILES string of the molecule is Cc1[nH]ncc1CCCNCC(C)c1ccccc1. The van der Waals surface area contributed by atoms with E-state index in [9.17, 15) is 0 Å². The lowest BCUT2D eigenvalue weighted by Gasteiger charge is -2.12. The molecule has 0 aliphatic carbocycles. The van der Waals surface area contributed by atoms with Crippen molar-refractivity contribution in [1.29, 1.82) is 0 Å². The van der Waals surface area contributed by atoms with Gasteiger partial charge in [0.15, 0.2) is 0 Å². The molecule has 0 fully saturated rings. The van der Waals surface area contributed by atoms with Crippen molar-refractivity contribution < 1.29 is 0 Å². The van der Waals surface area contributed by atoms with Gasteiger partial charge in [0.05, 0.1) is 6.20 Å². The summed E-state index contributed by atoms with van der Waals surface area (Å²) in [6.07, 6.45) is 4.18. The molecule has 2 N–H and O–H groups in total. The van der Waals surface area contributed by atoms with Crippen LogP contribution in [-0.4, -0.2) is 23.3 Å². The Morgan fingerprint density at radius 3 is 2.74 bits per heavy atom. The normalized spacial score (nSPS) is 12.5. The third kappa shape index (κ3) is 4.21. The van der Waals surface area contributed by atoms with Gasteiger partial charge in [0.2, 0.25) is 0 Å². The Morgan fingerprint density at radius 1 is 1.26 bits per heavy atom. The molecule has 0 aliphatic rings. The van der Waals surface area contributed by atoms with Crippen molar-refractivity contribution >= 4 is 0 Å². The highest BCUT2D eigenvalue weighted by atomic mass is 15.1. The minimum absolute atomic E-state index is 0.567. The van der Waals surface area contributed by atoms with Crippen LogP contribution in [0.5, 0.6) is 0 Å². The Kier molecular flexibility index (Phi) is 5.16. The van der Waals surface area contributed by atoms with Crippen LogP contribution in [0.25, 0.3) is 0 Å². The van der Waals surface area contributed by atoms with Gasteiger partial charge in [0, 0.05) is 12.2 Å². The van der Waals surface area contributed by atoms with E-state index in [2.05, 4.69) is 59.7 Å². The predicted molar refractivity (Wildman–Crippen MR) is 79.4 cm³/mol. The second-order valence-electron chi connectivity index (χ2n) is 5.14. The van der Waals surface area contributed by atoms with E-state index in [0.29, 0.717) is 5.92 Å². The van der Waals surface area contributed by atoms with E-state index in [1.165, 1.54) is 16.8 Å². The smallest absolute Gasteiger partial charge is 0.0522 e. The second kappa shape index (κ2) is 7.10. The Hall–Kier alpha value is -1.61. The number of benzene rings is 1. The number of rotatable bonds is 7. The molecule has 1 heterocycles. The van der Waals surface area contributed by atoms with Gasteiger partial charge in [0.25, 0.3) is 0 Å². The van der Waals surface area contributed by atoms with E-state index in [1.54, 1.807) is 0 Å². The number of aromatic amines is 1. The first-order valence-corrected chi connectivity index (χ1v) is 7.02. The molecule has 0 radical (unpaired) electrons. The molecule has 2 rings (SSSR count). The van der Waals surface area contributed by atoms with Crippen molar-refractivity contribution in [2.45, 2.75) is 32.6 Å². The zero-order chi connectivity index (χ0) is 13.5. The monoisotopic (exact) mass is 257 g/mol. The van der Waals surface area contributed by atoms with Gasteiger partial charge < -0.3 is 5.32 Å². The van der Waals surface area contributed by atoms with E-state index in [1.807, 2.05) is 6.20 Å². The van der Waals surface area contributed by atoms with E-state index in [-0.39, 0.29) is 0 Å². The fourth-order valence-corrected chi connectivity index (χ4v) is 2.25. The van der Waals surface area contributed by atoms with Crippen LogP contribution in [0.15, 0.2) is 36.5 Å². The molecule has 1 unspecified atom stereocenters. The number of nitrogens with zero attached hydrogens (tertiary/aromatic N) is 1. The molecule has 0 aliphatic heterocycles. The topological polar surface area (TPSA) is 40.7 Å². The summed E-state index contributed by atoms with van der Waals surface area (Å²) in [4.78, 5) is 0. The van der Waals surface area contributed by atoms with E-state index < -0.39 is 0 Å². The Morgan fingerprint density at radius 2 is 2.05 bits per heavy atom. The summed E-state index contributed by atoms with van der Waals surface area (Å²) < 4.78 is 0. The van der Waals surface area contributed by atoms with Gasteiger partial charge in [-0.3, -0.25) is 5.10 Å². The van der Waals surface area contributed by atoms with Crippen molar-refractivity contribution in [3.63, 3.8) is 0 Å². The van der Waals surface area contributed by atoms with Gasteiger partial charge in [-0.2, -0.15) is 5.10 Å². The fourth-order valence-electron chi connectivity index (χ4n) is 2.25. The van der Waals surface area contributed by atoms with Gasteiger partial charge in [-0.05, 0) is 43.4 Å². The standard InChI is InChI=1S/C16H23N3/c1-13(15-7-4-3-5-8-15)11-17-10-6-9-16-12-18-19-14(16)2/h3-5,7-8,12-13,17H,6,9-11H2,1-2H3,(H,18,19). The average molecular weight is 257 g/mol. The molecule has 0 bridgehead atoms. The largest absolute Gasteiger partial charge is 0.316 e. The zero-order valence-corrected chi connectivity index (χ0v) is 11.8. The summed E-state index contributed by atoms with van der Waals surface area (Å²) >= 11 is 0. The molecule has 19 heavy (non-hydrogen) atoms. The van der Waals surface area contributed by atoms with Gasteiger partial charge in [0.1, 0.15) is 0 Å². The summed E-state index contributed by atoms with van der Waals surface area (Å²) in [6, 6.07) is 10.7. The van der Waals surface area contributed by atoms with Gasteiger partial charge in [-0.25, -0.2) is 0 Å². The van der Waals surface area contributed by atoms with Crippen LogP contribution in [0.2, 0.25) is 0 Å². The molecule has 0 spiro atoms. The van der Waals surface area contributed by atoms with Crippen molar-refractivity contribution in [3.05, 3.63) is 53.3 Å². The highest BCUT2D eigenvalue weighted by molar-refractivity contribution is 5.19. The first-order chi connectivity index (χ1) is 9.27. The maximum Gasteiger partial charge on any atom is 0.0522 e. The minimum atomic E-state index is 0.567. The molecule has 0 saturated carbocycles. The number of hydrogen-bond acceptors (Lipinski definition) is 2. The summed E-state index contributed by atoms with van der Waals surface area (Å²) in [7, 11) is 0. The lowest BCUT2D eigenvalue weighted by atomic mass is 10.0.